The summed E-state index contributed by atoms with van der Waals surface area (Å²) in [6, 6.07) is 13.7. The van der Waals surface area contributed by atoms with Crippen LogP contribution in [-0.2, 0) is 14.8 Å². The number of sulfonamides is 1. The fourth-order valence-corrected chi connectivity index (χ4v) is 3.91. The van der Waals surface area contributed by atoms with Gasteiger partial charge in [-0.05, 0) is 46.3 Å². The SMILES string of the molecule is CN(c1ccccc1)S(=O)(=O)c1ccc(OCC2CO2)c(Br)c1. The molecule has 0 aliphatic carbocycles. The molecule has 1 aliphatic heterocycles. The lowest BCUT2D eigenvalue weighted by molar-refractivity contribution is 0.261. The van der Waals surface area contributed by atoms with Crippen molar-refractivity contribution in [3.8, 4) is 5.75 Å². The molecule has 3 rings (SSSR count). The maximum atomic E-state index is 12.7. The number of hydrogen-bond donors (Lipinski definition) is 0. The molecule has 0 N–H and O–H groups in total. The number of anilines is 1. The molecule has 2 aromatic rings. The molecule has 0 amide bonds. The van der Waals surface area contributed by atoms with Crippen LogP contribution in [0.1, 0.15) is 0 Å². The predicted molar refractivity (Wildman–Crippen MR) is 91.4 cm³/mol. The van der Waals surface area contributed by atoms with Gasteiger partial charge >= 0.3 is 0 Å². The Balaban J connectivity index is 1.83. The standard InChI is InChI=1S/C16H16BrNO4S/c1-18(12-5-3-2-4-6-12)23(19,20)14-7-8-16(15(17)9-14)22-11-13-10-21-13/h2-9,13H,10-11H2,1H3. The van der Waals surface area contributed by atoms with Crippen LogP contribution in [0.15, 0.2) is 57.9 Å². The molecule has 0 radical (unpaired) electrons. The lowest BCUT2D eigenvalue weighted by atomic mass is 10.3. The molecule has 1 aliphatic rings. The Kier molecular flexibility index (Phi) is 4.61. The van der Waals surface area contributed by atoms with E-state index >= 15 is 0 Å². The highest BCUT2D eigenvalue weighted by Gasteiger charge is 2.25. The molecule has 7 heteroatoms. The Labute approximate surface area is 144 Å². The molecule has 122 valence electrons. The molecule has 0 spiro atoms. The Morgan fingerprint density at radius 1 is 1.26 bits per heavy atom. The topological polar surface area (TPSA) is 59.1 Å². The van der Waals surface area contributed by atoms with Crippen molar-refractivity contribution in [3.63, 3.8) is 0 Å². The van der Waals surface area contributed by atoms with Crippen molar-refractivity contribution in [3.05, 3.63) is 53.0 Å². The van der Waals surface area contributed by atoms with Gasteiger partial charge < -0.3 is 9.47 Å². The summed E-state index contributed by atoms with van der Waals surface area (Å²) in [5.41, 5.74) is 0.606. The monoisotopic (exact) mass is 397 g/mol. The molecular formula is C16H16BrNO4S. The largest absolute Gasteiger partial charge is 0.490 e. The quantitative estimate of drug-likeness (QED) is 0.702. The highest BCUT2D eigenvalue weighted by atomic mass is 79.9. The summed E-state index contributed by atoms with van der Waals surface area (Å²) in [4.78, 5) is 0.200. The van der Waals surface area contributed by atoms with Gasteiger partial charge in [-0.2, -0.15) is 0 Å². The maximum Gasteiger partial charge on any atom is 0.264 e. The minimum atomic E-state index is -3.63. The second-order valence-electron chi connectivity index (χ2n) is 5.17. The Bertz CT molecular complexity index is 791. The summed E-state index contributed by atoms with van der Waals surface area (Å²) in [7, 11) is -2.09. The smallest absolute Gasteiger partial charge is 0.264 e. The van der Waals surface area contributed by atoms with E-state index in [1.54, 1.807) is 42.5 Å². The van der Waals surface area contributed by atoms with Gasteiger partial charge in [0.05, 0.1) is 21.7 Å². The van der Waals surface area contributed by atoms with E-state index in [-0.39, 0.29) is 11.0 Å². The first-order chi connectivity index (χ1) is 11.0. The minimum Gasteiger partial charge on any atom is -0.490 e. The lowest BCUT2D eigenvalue weighted by Gasteiger charge is -2.20. The van der Waals surface area contributed by atoms with Gasteiger partial charge in [-0.25, -0.2) is 8.42 Å². The van der Waals surface area contributed by atoms with Gasteiger partial charge in [-0.15, -0.1) is 0 Å². The van der Waals surface area contributed by atoms with Gasteiger partial charge in [-0.3, -0.25) is 4.31 Å². The number of halogens is 1. The van der Waals surface area contributed by atoms with E-state index in [2.05, 4.69) is 15.9 Å². The first-order valence-corrected chi connectivity index (χ1v) is 9.30. The number of hydrogen-bond acceptors (Lipinski definition) is 4. The van der Waals surface area contributed by atoms with Gasteiger partial charge in [0, 0.05) is 7.05 Å². The Morgan fingerprint density at radius 3 is 2.57 bits per heavy atom. The number of nitrogens with zero attached hydrogens (tertiary/aromatic N) is 1. The molecule has 0 saturated carbocycles. The van der Waals surface area contributed by atoms with Crippen LogP contribution in [0.25, 0.3) is 0 Å². The van der Waals surface area contributed by atoms with Crippen molar-refractivity contribution in [1.82, 2.24) is 0 Å². The molecule has 1 unspecified atom stereocenters. The van der Waals surface area contributed by atoms with Gasteiger partial charge in [0.2, 0.25) is 0 Å². The highest BCUT2D eigenvalue weighted by Crippen LogP contribution is 2.30. The van der Waals surface area contributed by atoms with Gasteiger partial charge in [-0.1, -0.05) is 18.2 Å². The molecule has 5 nitrogen and oxygen atoms in total. The summed E-state index contributed by atoms with van der Waals surface area (Å²) in [6.07, 6.45) is 0.148. The van der Waals surface area contributed by atoms with Crippen LogP contribution >= 0.6 is 15.9 Å². The third-order valence-corrected chi connectivity index (χ3v) is 5.91. The van der Waals surface area contributed by atoms with Crippen LogP contribution in [0.5, 0.6) is 5.75 Å². The van der Waals surface area contributed by atoms with Crippen LogP contribution in [0.4, 0.5) is 5.69 Å². The van der Waals surface area contributed by atoms with Crippen molar-refractivity contribution in [2.24, 2.45) is 0 Å². The first kappa shape index (κ1) is 16.3. The highest BCUT2D eigenvalue weighted by molar-refractivity contribution is 9.10. The number of benzene rings is 2. The molecule has 1 fully saturated rings. The summed E-state index contributed by atoms with van der Waals surface area (Å²) in [5, 5.41) is 0. The second-order valence-corrected chi connectivity index (χ2v) is 7.99. The van der Waals surface area contributed by atoms with Gasteiger partial charge in [0.1, 0.15) is 18.5 Å². The van der Waals surface area contributed by atoms with Crippen molar-refractivity contribution in [2.45, 2.75) is 11.0 Å². The number of rotatable bonds is 6. The normalized spacial score (nSPS) is 16.9. The van der Waals surface area contributed by atoms with Crippen molar-refractivity contribution >= 4 is 31.6 Å². The fraction of sp³-hybridized carbons (Fsp3) is 0.250. The average Bonchev–Trinajstić information content (AvgIpc) is 3.38. The zero-order chi connectivity index (χ0) is 16.4. The third-order valence-electron chi connectivity index (χ3n) is 3.51. The fourth-order valence-electron chi connectivity index (χ4n) is 2.04. The summed E-state index contributed by atoms with van der Waals surface area (Å²) in [5.74, 6) is 0.599. The molecule has 1 heterocycles. The summed E-state index contributed by atoms with van der Waals surface area (Å²) >= 11 is 3.37. The van der Waals surface area contributed by atoms with Crippen LogP contribution in [0.2, 0.25) is 0 Å². The summed E-state index contributed by atoms with van der Waals surface area (Å²) in [6.45, 7) is 1.18. The zero-order valence-electron chi connectivity index (χ0n) is 12.5. The third kappa shape index (κ3) is 3.68. The minimum absolute atomic E-state index is 0.148. The van der Waals surface area contributed by atoms with E-state index in [1.807, 2.05) is 6.07 Å². The molecule has 0 bridgehead atoms. The van der Waals surface area contributed by atoms with Crippen molar-refractivity contribution in [2.75, 3.05) is 24.6 Å². The molecule has 1 saturated heterocycles. The number of epoxide rings is 1. The molecular weight excluding hydrogens is 382 g/mol. The molecule has 1 atom stereocenters. The van der Waals surface area contributed by atoms with E-state index in [9.17, 15) is 8.42 Å². The van der Waals surface area contributed by atoms with E-state index in [4.69, 9.17) is 9.47 Å². The lowest BCUT2D eigenvalue weighted by Crippen LogP contribution is -2.26. The number of ether oxygens (including phenoxy) is 2. The van der Waals surface area contributed by atoms with E-state index in [1.165, 1.54) is 11.4 Å². The Morgan fingerprint density at radius 2 is 1.96 bits per heavy atom. The van der Waals surface area contributed by atoms with E-state index in [0.717, 1.165) is 0 Å². The van der Waals surface area contributed by atoms with E-state index in [0.29, 0.717) is 29.1 Å². The average molecular weight is 398 g/mol. The predicted octanol–water partition coefficient (Wildman–Crippen LogP) is 3.05. The van der Waals surface area contributed by atoms with Crippen LogP contribution in [0.3, 0.4) is 0 Å². The van der Waals surface area contributed by atoms with Crippen LogP contribution in [0, 0.1) is 0 Å². The zero-order valence-corrected chi connectivity index (χ0v) is 14.9. The second kappa shape index (κ2) is 6.51. The van der Waals surface area contributed by atoms with Crippen LogP contribution < -0.4 is 9.04 Å². The molecule has 23 heavy (non-hydrogen) atoms. The molecule has 2 aromatic carbocycles. The van der Waals surface area contributed by atoms with E-state index < -0.39 is 10.0 Å². The van der Waals surface area contributed by atoms with Gasteiger partial charge in [0.25, 0.3) is 10.0 Å². The molecule has 0 aromatic heterocycles. The summed E-state index contributed by atoms with van der Waals surface area (Å²) < 4.78 is 38.0. The van der Waals surface area contributed by atoms with Crippen LogP contribution in [-0.4, -0.2) is 34.8 Å². The van der Waals surface area contributed by atoms with Gasteiger partial charge in [0.15, 0.2) is 0 Å². The maximum absolute atomic E-state index is 12.7. The number of para-hydroxylation sites is 1. The first-order valence-electron chi connectivity index (χ1n) is 7.06. The van der Waals surface area contributed by atoms with Crippen molar-refractivity contribution < 1.29 is 17.9 Å². The van der Waals surface area contributed by atoms with Crippen molar-refractivity contribution in [1.29, 1.82) is 0 Å². The Hall–Kier alpha value is -1.57.